The highest BCUT2D eigenvalue weighted by atomic mass is 35.5. The fraction of sp³-hybridized carbons (Fsp3) is 0.433. The minimum Gasteiger partial charge on any atom is -0.491 e. The minimum absolute atomic E-state index is 0.116. The van der Waals surface area contributed by atoms with Crippen LogP contribution in [-0.4, -0.2) is 71.2 Å². The second kappa shape index (κ2) is 14.5. The van der Waals surface area contributed by atoms with Gasteiger partial charge in [-0.05, 0) is 6.07 Å². The van der Waals surface area contributed by atoms with Crippen molar-refractivity contribution in [2.75, 3.05) is 27.4 Å². The molecule has 0 aliphatic carbocycles. The van der Waals surface area contributed by atoms with Crippen molar-refractivity contribution >= 4 is 68.4 Å². The molecule has 4 rings (SSSR count). The SMILES string of the molecule is COc1cc2sc(C(=O)CC(C)C(=O)O)cc2nc1OCCCOc1c(Cl)c2c(c(Cl)c1OC)CN(C(=O)CC(C)C(=O)O)C2. The molecule has 45 heavy (non-hydrogen) atoms. The van der Waals surface area contributed by atoms with Crippen LogP contribution in [0.15, 0.2) is 12.1 Å². The average Bonchev–Trinajstić information content (AvgIpc) is 3.64. The summed E-state index contributed by atoms with van der Waals surface area (Å²) in [6.07, 6.45) is 0.133. The lowest BCUT2D eigenvalue weighted by atomic mass is 10.0. The van der Waals surface area contributed by atoms with E-state index in [0.29, 0.717) is 38.4 Å². The molecule has 0 spiro atoms. The monoisotopic (exact) mass is 682 g/mol. The number of aliphatic carboxylic acids is 2. The lowest BCUT2D eigenvalue weighted by molar-refractivity contribution is -0.145. The van der Waals surface area contributed by atoms with Crippen LogP contribution in [0.1, 0.15) is 53.9 Å². The summed E-state index contributed by atoms with van der Waals surface area (Å²) in [5.41, 5.74) is 1.75. The first-order valence-corrected chi connectivity index (χ1v) is 15.5. The van der Waals surface area contributed by atoms with Gasteiger partial charge >= 0.3 is 11.9 Å². The molecule has 0 saturated carbocycles. The number of carboxylic acids is 2. The molecule has 0 saturated heterocycles. The Kier molecular flexibility index (Phi) is 11.0. The molecule has 2 N–H and O–H groups in total. The van der Waals surface area contributed by atoms with E-state index < -0.39 is 23.8 Å². The standard InChI is InChI=1S/C30H32Cl2N2O10S/c1-14(29(37)38)8-19(35)22-10-18-21(45-22)11-20(41-3)28(33-18)44-7-5-6-43-27-25(32)17-13-34(23(36)9-15(2)30(39)40)12-16(17)24(31)26(27)42-4/h10-11,14-15H,5-9,12-13H2,1-4H3,(H,37,38)(H,39,40). The number of rotatable bonds is 15. The Morgan fingerprint density at radius 2 is 1.51 bits per heavy atom. The first kappa shape index (κ1) is 34.1. The summed E-state index contributed by atoms with van der Waals surface area (Å²) in [6.45, 7) is 3.63. The molecule has 1 amide bonds. The van der Waals surface area contributed by atoms with Crippen molar-refractivity contribution in [3.05, 3.63) is 38.2 Å². The molecule has 242 valence electrons. The fourth-order valence-electron chi connectivity index (χ4n) is 4.66. The summed E-state index contributed by atoms with van der Waals surface area (Å²) in [6, 6.07) is 3.32. The summed E-state index contributed by atoms with van der Waals surface area (Å²) >= 11 is 14.5. The number of methoxy groups -OCH3 is 2. The van der Waals surface area contributed by atoms with Gasteiger partial charge < -0.3 is 34.1 Å². The molecule has 15 heteroatoms. The lowest BCUT2D eigenvalue weighted by Gasteiger charge is -2.17. The number of fused-ring (bicyclic) bond motifs is 2. The maximum atomic E-state index is 12.7. The second-order valence-corrected chi connectivity index (χ2v) is 12.4. The van der Waals surface area contributed by atoms with Crippen LogP contribution in [0, 0.1) is 11.8 Å². The van der Waals surface area contributed by atoms with Crippen LogP contribution in [0.4, 0.5) is 0 Å². The quantitative estimate of drug-likeness (QED) is 0.149. The number of halogens is 2. The number of hydrogen-bond acceptors (Lipinski definition) is 10. The Morgan fingerprint density at radius 1 is 0.911 bits per heavy atom. The Balaban J connectivity index is 1.40. The Morgan fingerprint density at radius 3 is 2.11 bits per heavy atom. The fourth-order valence-corrected chi connectivity index (χ4v) is 6.29. The zero-order valence-electron chi connectivity index (χ0n) is 25.0. The number of pyridine rings is 1. The van der Waals surface area contributed by atoms with Crippen molar-refractivity contribution in [3.8, 4) is 23.1 Å². The van der Waals surface area contributed by atoms with Crippen molar-refractivity contribution in [1.82, 2.24) is 9.88 Å². The Bertz CT molecular complexity index is 1640. The number of nitrogens with zero attached hydrogens (tertiary/aromatic N) is 2. The third kappa shape index (κ3) is 7.54. The first-order chi connectivity index (χ1) is 21.4. The van der Waals surface area contributed by atoms with Gasteiger partial charge in [0.1, 0.15) is 0 Å². The largest absolute Gasteiger partial charge is 0.491 e. The van der Waals surface area contributed by atoms with E-state index in [4.69, 9.17) is 52.4 Å². The van der Waals surface area contributed by atoms with E-state index in [-0.39, 0.29) is 78.3 Å². The van der Waals surface area contributed by atoms with Crippen molar-refractivity contribution < 1.29 is 48.3 Å². The first-order valence-electron chi connectivity index (χ1n) is 13.9. The maximum Gasteiger partial charge on any atom is 0.306 e. The molecule has 0 radical (unpaired) electrons. The summed E-state index contributed by atoms with van der Waals surface area (Å²) < 4.78 is 23.4. The molecule has 3 aromatic rings. The van der Waals surface area contributed by atoms with Crippen molar-refractivity contribution in [3.63, 3.8) is 0 Å². The van der Waals surface area contributed by atoms with Gasteiger partial charge in [0.2, 0.25) is 5.91 Å². The van der Waals surface area contributed by atoms with Crippen molar-refractivity contribution in [1.29, 1.82) is 0 Å². The van der Waals surface area contributed by atoms with Gasteiger partial charge in [-0.3, -0.25) is 19.2 Å². The number of carboxylic acid groups (broad SMARTS) is 2. The Hall–Kier alpha value is -3.81. The zero-order valence-corrected chi connectivity index (χ0v) is 27.3. The smallest absolute Gasteiger partial charge is 0.306 e. The van der Waals surface area contributed by atoms with Crippen LogP contribution < -0.4 is 18.9 Å². The number of ketones is 1. The van der Waals surface area contributed by atoms with Gasteiger partial charge in [-0.1, -0.05) is 37.0 Å². The summed E-state index contributed by atoms with van der Waals surface area (Å²) in [5, 5.41) is 18.8. The van der Waals surface area contributed by atoms with Gasteiger partial charge in [0.05, 0.1) is 64.4 Å². The summed E-state index contributed by atoms with van der Waals surface area (Å²) in [4.78, 5) is 54.0. The van der Waals surface area contributed by atoms with E-state index in [1.165, 1.54) is 44.3 Å². The van der Waals surface area contributed by atoms with Gasteiger partial charge in [0.15, 0.2) is 23.0 Å². The number of hydrogen-bond donors (Lipinski definition) is 2. The molecule has 0 fully saturated rings. The molecule has 12 nitrogen and oxygen atoms in total. The zero-order chi connectivity index (χ0) is 33.0. The predicted molar refractivity (Wildman–Crippen MR) is 166 cm³/mol. The topological polar surface area (TPSA) is 162 Å². The lowest BCUT2D eigenvalue weighted by Crippen LogP contribution is -2.28. The molecule has 2 atom stereocenters. The minimum atomic E-state index is -1.05. The summed E-state index contributed by atoms with van der Waals surface area (Å²) in [5.74, 6) is -3.28. The van der Waals surface area contributed by atoms with Crippen LogP contribution in [0.5, 0.6) is 23.1 Å². The molecule has 1 aliphatic heterocycles. The number of amides is 1. The highest BCUT2D eigenvalue weighted by Crippen LogP contribution is 2.49. The molecule has 0 bridgehead atoms. The van der Waals surface area contributed by atoms with Gasteiger partial charge in [0.25, 0.3) is 5.88 Å². The van der Waals surface area contributed by atoms with E-state index in [1.54, 1.807) is 12.1 Å². The van der Waals surface area contributed by atoms with Crippen molar-refractivity contribution in [2.45, 2.75) is 46.2 Å². The number of benzene rings is 1. The molecule has 2 aromatic heterocycles. The number of carbonyl (C=O) groups excluding carboxylic acids is 2. The third-order valence-electron chi connectivity index (χ3n) is 7.27. The van der Waals surface area contributed by atoms with Crippen LogP contribution in [0.25, 0.3) is 10.2 Å². The molecule has 2 unspecified atom stereocenters. The number of carbonyl (C=O) groups is 4. The number of aromatic nitrogens is 1. The highest BCUT2D eigenvalue weighted by molar-refractivity contribution is 7.20. The number of Topliss-reactive ketones (excluding diaryl/α,β-unsaturated/α-hetero) is 1. The van der Waals surface area contributed by atoms with E-state index in [0.717, 1.165) is 0 Å². The van der Waals surface area contributed by atoms with Crippen LogP contribution in [0.3, 0.4) is 0 Å². The van der Waals surface area contributed by atoms with Gasteiger partial charge in [-0.25, -0.2) is 4.98 Å². The maximum absolute atomic E-state index is 12.7. The Labute approximate surface area is 272 Å². The van der Waals surface area contributed by atoms with Crippen molar-refractivity contribution in [2.24, 2.45) is 11.8 Å². The molecule has 1 aliphatic rings. The van der Waals surface area contributed by atoms with E-state index >= 15 is 0 Å². The van der Waals surface area contributed by atoms with Crippen LogP contribution in [0.2, 0.25) is 10.0 Å². The van der Waals surface area contributed by atoms with Gasteiger partial charge in [-0.15, -0.1) is 11.3 Å². The third-order valence-corrected chi connectivity index (χ3v) is 9.19. The molecular formula is C30H32Cl2N2O10S. The number of ether oxygens (including phenoxy) is 4. The van der Waals surface area contributed by atoms with Gasteiger partial charge in [-0.2, -0.15) is 0 Å². The van der Waals surface area contributed by atoms with Gasteiger partial charge in [0, 0.05) is 49.5 Å². The molecular weight excluding hydrogens is 651 g/mol. The van der Waals surface area contributed by atoms with E-state index in [9.17, 15) is 19.2 Å². The summed E-state index contributed by atoms with van der Waals surface area (Å²) in [7, 11) is 2.90. The highest BCUT2D eigenvalue weighted by Gasteiger charge is 2.33. The molecule has 1 aromatic carbocycles. The van der Waals surface area contributed by atoms with E-state index in [1.807, 2.05) is 0 Å². The van der Waals surface area contributed by atoms with Crippen LogP contribution >= 0.6 is 34.5 Å². The number of thiophene rings is 1. The second-order valence-electron chi connectivity index (χ2n) is 10.5. The molecule has 3 heterocycles. The normalized spacial score (nSPS) is 13.7. The predicted octanol–water partition coefficient (Wildman–Crippen LogP) is 5.71. The average molecular weight is 684 g/mol. The van der Waals surface area contributed by atoms with E-state index in [2.05, 4.69) is 4.98 Å². The van der Waals surface area contributed by atoms with Crippen LogP contribution in [-0.2, 0) is 27.5 Å².